The minimum absolute atomic E-state index is 0.667. The first kappa shape index (κ1) is 10.4. The molecule has 1 aromatic carbocycles. The molecule has 3 nitrogen and oxygen atoms in total. The van der Waals surface area contributed by atoms with Crippen molar-refractivity contribution < 1.29 is 4.74 Å². The Bertz CT molecular complexity index is 326. The number of ether oxygens (including phenoxy) is 1. The molecule has 0 aliphatic heterocycles. The van der Waals surface area contributed by atoms with Crippen LogP contribution in [0.1, 0.15) is 5.56 Å². The van der Waals surface area contributed by atoms with Crippen LogP contribution in [0.3, 0.4) is 0 Å². The standard InChI is InChI=1S/C9H13IN2O/c1-5-4-6(12-2)8(11)9(13-3)7(5)10/h4,12H,11H2,1-3H3. The summed E-state index contributed by atoms with van der Waals surface area (Å²) in [6, 6.07) is 2.01. The molecule has 0 heterocycles. The van der Waals surface area contributed by atoms with Gasteiger partial charge in [0.05, 0.1) is 22.1 Å². The highest BCUT2D eigenvalue weighted by molar-refractivity contribution is 14.1. The van der Waals surface area contributed by atoms with Gasteiger partial charge in [0.1, 0.15) is 0 Å². The Morgan fingerprint density at radius 1 is 1.54 bits per heavy atom. The van der Waals surface area contributed by atoms with Gasteiger partial charge < -0.3 is 15.8 Å². The monoisotopic (exact) mass is 292 g/mol. The fraction of sp³-hybridized carbons (Fsp3) is 0.333. The molecule has 1 aromatic rings. The topological polar surface area (TPSA) is 47.3 Å². The molecule has 4 heteroatoms. The van der Waals surface area contributed by atoms with Crippen LogP contribution in [0.2, 0.25) is 0 Å². The van der Waals surface area contributed by atoms with Crippen molar-refractivity contribution in [1.82, 2.24) is 0 Å². The zero-order valence-corrected chi connectivity index (χ0v) is 10.1. The number of methoxy groups -OCH3 is 1. The van der Waals surface area contributed by atoms with Gasteiger partial charge in [-0.2, -0.15) is 0 Å². The molecular weight excluding hydrogens is 279 g/mol. The lowest BCUT2D eigenvalue weighted by atomic mass is 10.2. The van der Waals surface area contributed by atoms with E-state index in [1.165, 1.54) is 0 Å². The lowest BCUT2D eigenvalue weighted by molar-refractivity contribution is 0.414. The molecule has 0 aliphatic rings. The second-order valence-electron chi connectivity index (χ2n) is 2.75. The van der Waals surface area contributed by atoms with Crippen molar-refractivity contribution in [1.29, 1.82) is 0 Å². The first-order valence-corrected chi connectivity index (χ1v) is 5.00. The van der Waals surface area contributed by atoms with Crippen molar-refractivity contribution in [3.63, 3.8) is 0 Å². The zero-order chi connectivity index (χ0) is 10.0. The third-order valence-electron chi connectivity index (χ3n) is 1.91. The van der Waals surface area contributed by atoms with Crippen LogP contribution < -0.4 is 15.8 Å². The molecule has 0 amide bonds. The quantitative estimate of drug-likeness (QED) is 0.649. The van der Waals surface area contributed by atoms with E-state index in [-0.39, 0.29) is 0 Å². The average Bonchev–Trinajstić information content (AvgIpc) is 2.12. The highest BCUT2D eigenvalue weighted by Gasteiger charge is 2.11. The van der Waals surface area contributed by atoms with E-state index in [0.29, 0.717) is 5.69 Å². The second-order valence-corrected chi connectivity index (χ2v) is 3.83. The largest absolute Gasteiger partial charge is 0.493 e. The third-order valence-corrected chi connectivity index (χ3v) is 3.26. The molecule has 1 rings (SSSR count). The van der Waals surface area contributed by atoms with Crippen LogP contribution in [0.4, 0.5) is 11.4 Å². The number of aryl methyl sites for hydroxylation is 1. The van der Waals surface area contributed by atoms with Crippen LogP contribution in [-0.4, -0.2) is 14.2 Å². The van der Waals surface area contributed by atoms with Crippen molar-refractivity contribution in [2.24, 2.45) is 0 Å². The Morgan fingerprint density at radius 3 is 2.62 bits per heavy atom. The van der Waals surface area contributed by atoms with E-state index in [0.717, 1.165) is 20.6 Å². The average molecular weight is 292 g/mol. The van der Waals surface area contributed by atoms with Crippen LogP contribution in [0.25, 0.3) is 0 Å². The summed E-state index contributed by atoms with van der Waals surface area (Å²) in [7, 11) is 3.48. The van der Waals surface area contributed by atoms with Gasteiger partial charge >= 0.3 is 0 Å². The molecule has 0 aromatic heterocycles. The molecule has 0 saturated heterocycles. The molecule has 13 heavy (non-hydrogen) atoms. The number of rotatable bonds is 2. The number of hydrogen-bond donors (Lipinski definition) is 2. The first-order chi connectivity index (χ1) is 6.11. The van der Waals surface area contributed by atoms with E-state index in [4.69, 9.17) is 10.5 Å². The summed E-state index contributed by atoms with van der Waals surface area (Å²) in [5, 5.41) is 3.03. The Labute approximate surface area is 91.8 Å². The highest BCUT2D eigenvalue weighted by atomic mass is 127. The summed E-state index contributed by atoms with van der Waals surface area (Å²) < 4.78 is 6.29. The van der Waals surface area contributed by atoms with Gasteiger partial charge in [-0.05, 0) is 41.1 Å². The lowest BCUT2D eigenvalue weighted by Crippen LogP contribution is -2.02. The number of halogens is 1. The number of hydrogen-bond acceptors (Lipinski definition) is 3. The van der Waals surface area contributed by atoms with Crippen molar-refractivity contribution in [3.8, 4) is 5.75 Å². The number of nitrogens with one attached hydrogen (secondary N) is 1. The van der Waals surface area contributed by atoms with Crippen molar-refractivity contribution in [2.45, 2.75) is 6.92 Å². The van der Waals surface area contributed by atoms with Gasteiger partial charge in [0.2, 0.25) is 0 Å². The van der Waals surface area contributed by atoms with Gasteiger partial charge in [0, 0.05) is 7.05 Å². The third kappa shape index (κ3) is 1.82. The van der Waals surface area contributed by atoms with E-state index in [2.05, 4.69) is 27.9 Å². The van der Waals surface area contributed by atoms with Gasteiger partial charge in [-0.15, -0.1) is 0 Å². The fourth-order valence-corrected chi connectivity index (χ4v) is 1.85. The van der Waals surface area contributed by atoms with Crippen LogP contribution in [0.15, 0.2) is 6.07 Å². The maximum absolute atomic E-state index is 5.88. The Balaban J connectivity index is 3.39. The zero-order valence-electron chi connectivity index (χ0n) is 7.94. The maximum atomic E-state index is 5.88. The smallest absolute Gasteiger partial charge is 0.157 e. The van der Waals surface area contributed by atoms with Crippen molar-refractivity contribution >= 4 is 34.0 Å². The van der Waals surface area contributed by atoms with Crippen LogP contribution in [-0.2, 0) is 0 Å². The van der Waals surface area contributed by atoms with Gasteiger partial charge in [0.25, 0.3) is 0 Å². The predicted molar refractivity (Wildman–Crippen MR) is 64.4 cm³/mol. The van der Waals surface area contributed by atoms with E-state index in [9.17, 15) is 0 Å². The molecule has 0 atom stereocenters. The fourth-order valence-electron chi connectivity index (χ4n) is 1.18. The molecule has 0 bridgehead atoms. The number of nitrogen functional groups attached to an aromatic ring is 1. The molecule has 0 saturated carbocycles. The van der Waals surface area contributed by atoms with Crippen LogP contribution in [0, 0.1) is 10.5 Å². The lowest BCUT2D eigenvalue weighted by Gasteiger charge is -2.13. The summed E-state index contributed by atoms with van der Waals surface area (Å²) >= 11 is 2.23. The second kappa shape index (κ2) is 4.04. The predicted octanol–water partition coefficient (Wildman–Crippen LogP) is 2.23. The van der Waals surface area contributed by atoms with E-state index in [1.54, 1.807) is 7.11 Å². The molecule has 0 unspecified atom stereocenters. The molecule has 3 N–H and O–H groups in total. The van der Waals surface area contributed by atoms with Crippen molar-refractivity contribution in [3.05, 3.63) is 15.2 Å². The molecule has 0 radical (unpaired) electrons. The molecule has 72 valence electrons. The van der Waals surface area contributed by atoms with E-state index >= 15 is 0 Å². The van der Waals surface area contributed by atoms with E-state index < -0.39 is 0 Å². The summed E-state index contributed by atoms with van der Waals surface area (Å²) in [6.07, 6.45) is 0. The summed E-state index contributed by atoms with van der Waals surface area (Å²) in [5.74, 6) is 0.755. The van der Waals surface area contributed by atoms with Gasteiger partial charge in [0.15, 0.2) is 5.75 Å². The van der Waals surface area contributed by atoms with Gasteiger partial charge in [-0.1, -0.05) is 0 Å². The first-order valence-electron chi connectivity index (χ1n) is 3.92. The Kier molecular flexibility index (Phi) is 3.24. The Hall–Kier alpha value is -0.650. The normalized spacial score (nSPS) is 9.85. The minimum Gasteiger partial charge on any atom is -0.493 e. The minimum atomic E-state index is 0.667. The summed E-state index contributed by atoms with van der Waals surface area (Å²) in [4.78, 5) is 0. The molecular formula is C9H13IN2O. The number of anilines is 2. The van der Waals surface area contributed by atoms with Crippen molar-refractivity contribution in [2.75, 3.05) is 25.2 Å². The van der Waals surface area contributed by atoms with Crippen LogP contribution in [0.5, 0.6) is 5.75 Å². The summed E-state index contributed by atoms with van der Waals surface area (Å²) in [6.45, 7) is 2.03. The van der Waals surface area contributed by atoms with Gasteiger partial charge in [-0.25, -0.2) is 0 Å². The van der Waals surface area contributed by atoms with Gasteiger partial charge in [-0.3, -0.25) is 0 Å². The summed E-state index contributed by atoms with van der Waals surface area (Å²) in [5.41, 5.74) is 8.62. The molecule has 0 spiro atoms. The van der Waals surface area contributed by atoms with Crippen LogP contribution >= 0.6 is 22.6 Å². The molecule has 0 fully saturated rings. The number of nitrogens with two attached hydrogens (primary N) is 1. The number of benzene rings is 1. The highest BCUT2D eigenvalue weighted by Crippen LogP contribution is 2.36. The van der Waals surface area contributed by atoms with E-state index in [1.807, 2.05) is 20.0 Å². The maximum Gasteiger partial charge on any atom is 0.157 e. The SMILES string of the molecule is CNc1cc(C)c(I)c(OC)c1N. The Morgan fingerprint density at radius 2 is 2.15 bits per heavy atom. The molecule has 0 aliphatic carbocycles.